The van der Waals surface area contributed by atoms with Crippen LogP contribution in [0, 0.1) is 0 Å². The Morgan fingerprint density at radius 2 is 2.27 bits per heavy atom. The monoisotopic (exact) mass is 228 g/mol. The van der Waals surface area contributed by atoms with Crippen molar-refractivity contribution in [3.8, 4) is 0 Å². The van der Waals surface area contributed by atoms with Crippen molar-refractivity contribution in [2.24, 2.45) is 0 Å². The fourth-order valence-corrected chi connectivity index (χ4v) is 3.89. The number of hydrogen-bond acceptors (Lipinski definition) is 3. The van der Waals surface area contributed by atoms with Crippen LogP contribution in [0.2, 0.25) is 0 Å². The molecule has 15 heavy (non-hydrogen) atoms. The Morgan fingerprint density at radius 3 is 3.00 bits per heavy atom. The van der Waals surface area contributed by atoms with Crippen LogP contribution in [-0.2, 0) is 0 Å². The van der Waals surface area contributed by atoms with Gasteiger partial charge in [0.05, 0.1) is 0 Å². The van der Waals surface area contributed by atoms with Crippen molar-refractivity contribution >= 4 is 11.8 Å². The third-order valence-corrected chi connectivity index (χ3v) is 4.89. The maximum Gasteiger partial charge on any atom is 0.0220 e. The van der Waals surface area contributed by atoms with Crippen LogP contribution in [0.3, 0.4) is 0 Å². The van der Waals surface area contributed by atoms with Crippen molar-refractivity contribution in [3.05, 3.63) is 0 Å². The van der Waals surface area contributed by atoms with Gasteiger partial charge in [0.2, 0.25) is 0 Å². The fraction of sp³-hybridized carbons (Fsp3) is 1.00. The maximum absolute atomic E-state index is 3.75. The van der Waals surface area contributed by atoms with E-state index in [0.717, 1.165) is 12.1 Å². The van der Waals surface area contributed by atoms with Gasteiger partial charge in [0.1, 0.15) is 0 Å². The number of nitrogens with zero attached hydrogens (tertiary/aromatic N) is 1. The molecule has 0 aromatic carbocycles. The van der Waals surface area contributed by atoms with Crippen molar-refractivity contribution in [2.75, 3.05) is 31.1 Å². The molecule has 0 radical (unpaired) electrons. The molecular weight excluding hydrogens is 204 g/mol. The molecule has 88 valence electrons. The topological polar surface area (TPSA) is 15.3 Å². The third kappa shape index (κ3) is 3.36. The molecule has 1 N–H and O–H groups in total. The molecule has 2 aliphatic heterocycles. The van der Waals surface area contributed by atoms with E-state index in [4.69, 9.17) is 0 Å². The Labute approximate surface area is 98.2 Å². The molecule has 0 amide bonds. The molecule has 2 saturated heterocycles. The summed E-state index contributed by atoms with van der Waals surface area (Å²) in [4.78, 5) is 2.65. The zero-order valence-electron chi connectivity index (χ0n) is 9.87. The minimum Gasteiger partial charge on any atom is -0.312 e. The normalized spacial score (nSPS) is 33.4. The summed E-state index contributed by atoms with van der Waals surface area (Å²) in [6, 6.07) is 1.62. The largest absolute Gasteiger partial charge is 0.312 e. The molecule has 0 aromatic heterocycles. The second-order valence-corrected chi connectivity index (χ2v) is 5.90. The van der Waals surface area contributed by atoms with Gasteiger partial charge in [-0.1, -0.05) is 13.3 Å². The molecule has 2 aliphatic rings. The zero-order chi connectivity index (χ0) is 10.5. The SMILES string of the molecule is CCN1CCCCC1CNC1CCSC1. The number of rotatable bonds is 4. The average molecular weight is 228 g/mol. The third-order valence-electron chi connectivity index (χ3n) is 3.73. The lowest BCUT2D eigenvalue weighted by atomic mass is 10.0. The molecule has 2 heterocycles. The van der Waals surface area contributed by atoms with Crippen LogP contribution in [0.1, 0.15) is 32.6 Å². The number of hydrogen-bond donors (Lipinski definition) is 1. The standard InChI is InChI=1S/C12H24N2S/c1-2-14-7-4-3-5-12(14)9-13-11-6-8-15-10-11/h11-13H,2-10H2,1H3. The first-order valence-corrected chi connectivity index (χ1v) is 7.61. The Balaban J connectivity index is 1.71. The summed E-state index contributed by atoms with van der Waals surface area (Å²) in [6.45, 7) is 6.07. The first-order valence-electron chi connectivity index (χ1n) is 6.45. The molecule has 2 rings (SSSR count). The van der Waals surface area contributed by atoms with E-state index in [2.05, 4.69) is 28.9 Å². The summed E-state index contributed by atoms with van der Waals surface area (Å²) in [5.74, 6) is 2.69. The predicted molar refractivity (Wildman–Crippen MR) is 68.6 cm³/mol. The van der Waals surface area contributed by atoms with E-state index in [1.807, 2.05) is 0 Å². The number of nitrogens with one attached hydrogen (secondary N) is 1. The van der Waals surface area contributed by atoms with Gasteiger partial charge in [-0.2, -0.15) is 11.8 Å². The lowest BCUT2D eigenvalue weighted by Crippen LogP contribution is -2.47. The fourth-order valence-electron chi connectivity index (χ4n) is 2.71. The quantitative estimate of drug-likeness (QED) is 0.792. The molecule has 0 aromatic rings. The molecule has 2 unspecified atom stereocenters. The molecule has 0 spiro atoms. The molecule has 0 saturated carbocycles. The van der Waals surface area contributed by atoms with E-state index >= 15 is 0 Å². The highest BCUT2D eigenvalue weighted by atomic mass is 32.2. The van der Waals surface area contributed by atoms with Crippen LogP contribution in [0.15, 0.2) is 0 Å². The highest BCUT2D eigenvalue weighted by Gasteiger charge is 2.22. The van der Waals surface area contributed by atoms with Crippen molar-refractivity contribution in [1.82, 2.24) is 10.2 Å². The lowest BCUT2D eigenvalue weighted by molar-refractivity contribution is 0.151. The van der Waals surface area contributed by atoms with Gasteiger partial charge in [-0.05, 0) is 38.1 Å². The van der Waals surface area contributed by atoms with Crippen LogP contribution in [-0.4, -0.2) is 48.1 Å². The molecule has 3 heteroatoms. The Morgan fingerprint density at radius 1 is 1.33 bits per heavy atom. The van der Waals surface area contributed by atoms with Gasteiger partial charge in [0.15, 0.2) is 0 Å². The summed E-state index contributed by atoms with van der Waals surface area (Å²) < 4.78 is 0. The minimum atomic E-state index is 0.802. The van der Waals surface area contributed by atoms with E-state index < -0.39 is 0 Å². The number of likely N-dealkylation sites (N-methyl/N-ethyl adjacent to an activating group) is 1. The molecule has 2 atom stereocenters. The molecule has 0 bridgehead atoms. The van der Waals surface area contributed by atoms with Gasteiger partial charge in [0.25, 0.3) is 0 Å². The highest BCUT2D eigenvalue weighted by molar-refractivity contribution is 7.99. The highest BCUT2D eigenvalue weighted by Crippen LogP contribution is 2.19. The van der Waals surface area contributed by atoms with Gasteiger partial charge < -0.3 is 5.32 Å². The van der Waals surface area contributed by atoms with Crippen LogP contribution in [0.4, 0.5) is 0 Å². The first kappa shape index (κ1) is 11.7. The smallest absolute Gasteiger partial charge is 0.0220 e. The Hall–Kier alpha value is 0.270. The predicted octanol–water partition coefficient (Wildman–Crippen LogP) is 1.96. The summed E-state index contributed by atoms with van der Waals surface area (Å²) >= 11 is 2.10. The summed E-state index contributed by atoms with van der Waals surface area (Å²) in [7, 11) is 0. The van der Waals surface area contributed by atoms with E-state index in [0.29, 0.717) is 0 Å². The van der Waals surface area contributed by atoms with Crippen LogP contribution >= 0.6 is 11.8 Å². The van der Waals surface area contributed by atoms with Crippen molar-refractivity contribution in [2.45, 2.75) is 44.7 Å². The van der Waals surface area contributed by atoms with Crippen molar-refractivity contribution < 1.29 is 0 Å². The summed E-state index contributed by atoms with van der Waals surface area (Å²) in [6.07, 6.45) is 5.62. The van der Waals surface area contributed by atoms with Gasteiger partial charge in [-0.3, -0.25) is 4.90 Å². The van der Waals surface area contributed by atoms with Crippen LogP contribution in [0.25, 0.3) is 0 Å². The van der Waals surface area contributed by atoms with E-state index in [-0.39, 0.29) is 0 Å². The van der Waals surface area contributed by atoms with E-state index in [9.17, 15) is 0 Å². The minimum absolute atomic E-state index is 0.802. The Kier molecular flexibility index (Phi) is 4.79. The summed E-state index contributed by atoms with van der Waals surface area (Å²) in [5, 5.41) is 3.75. The summed E-state index contributed by atoms with van der Waals surface area (Å²) in [5.41, 5.74) is 0. The van der Waals surface area contributed by atoms with Gasteiger partial charge in [-0.25, -0.2) is 0 Å². The average Bonchev–Trinajstić information content (AvgIpc) is 2.79. The molecule has 2 fully saturated rings. The lowest BCUT2D eigenvalue weighted by Gasteiger charge is -2.35. The van der Waals surface area contributed by atoms with E-state index in [1.165, 1.54) is 56.8 Å². The second kappa shape index (κ2) is 6.12. The van der Waals surface area contributed by atoms with E-state index in [1.54, 1.807) is 0 Å². The van der Waals surface area contributed by atoms with Crippen molar-refractivity contribution in [3.63, 3.8) is 0 Å². The Bertz CT molecular complexity index is 180. The number of thioether (sulfide) groups is 1. The van der Waals surface area contributed by atoms with Crippen LogP contribution in [0.5, 0.6) is 0 Å². The van der Waals surface area contributed by atoms with Crippen molar-refractivity contribution in [1.29, 1.82) is 0 Å². The van der Waals surface area contributed by atoms with Gasteiger partial charge in [-0.15, -0.1) is 0 Å². The number of likely N-dealkylation sites (tertiary alicyclic amines) is 1. The van der Waals surface area contributed by atoms with Gasteiger partial charge in [0, 0.05) is 24.4 Å². The second-order valence-electron chi connectivity index (χ2n) is 4.75. The van der Waals surface area contributed by atoms with Gasteiger partial charge >= 0.3 is 0 Å². The van der Waals surface area contributed by atoms with Crippen LogP contribution < -0.4 is 5.32 Å². The molecule has 2 nitrogen and oxygen atoms in total. The molecule has 0 aliphatic carbocycles. The number of piperidine rings is 1. The zero-order valence-corrected chi connectivity index (χ0v) is 10.7. The molecular formula is C12H24N2S. The maximum atomic E-state index is 3.75. The first-order chi connectivity index (χ1) is 7.40.